The zero-order valence-electron chi connectivity index (χ0n) is 8.93. The lowest BCUT2D eigenvalue weighted by molar-refractivity contribution is -0.116. The molecular weight excluding hydrogens is 208 g/mol. The van der Waals surface area contributed by atoms with E-state index in [-0.39, 0.29) is 12.3 Å². The fourth-order valence-electron chi connectivity index (χ4n) is 1.53. The monoisotopic (exact) mass is 222 g/mol. The molecule has 0 atom stereocenters. The molecule has 6 heteroatoms. The summed E-state index contributed by atoms with van der Waals surface area (Å²) in [6.07, 6.45) is 4.90. The van der Waals surface area contributed by atoms with Crippen molar-refractivity contribution < 1.29 is 9.53 Å². The number of ketones is 1. The molecule has 0 aliphatic carbocycles. The molecule has 2 heterocycles. The lowest BCUT2D eigenvalue weighted by atomic mass is 10.1. The van der Waals surface area contributed by atoms with Crippen LogP contribution in [0.1, 0.15) is 18.5 Å². The topological polar surface area (TPSA) is 83.0 Å². The first kappa shape index (κ1) is 10.8. The zero-order valence-corrected chi connectivity index (χ0v) is 8.93. The quantitative estimate of drug-likeness (QED) is 0.775. The summed E-state index contributed by atoms with van der Waals surface area (Å²) in [6, 6.07) is 0. The second-order valence-corrected chi connectivity index (χ2v) is 3.65. The van der Waals surface area contributed by atoms with Crippen molar-refractivity contribution in [3.63, 3.8) is 0 Å². The highest BCUT2D eigenvalue weighted by Gasteiger charge is 2.14. The normalized spacial score (nSPS) is 15.4. The number of rotatable bonds is 4. The van der Waals surface area contributed by atoms with E-state index in [1.807, 2.05) is 0 Å². The molecule has 16 heavy (non-hydrogen) atoms. The molecule has 0 saturated carbocycles. The molecule has 0 radical (unpaired) electrons. The van der Waals surface area contributed by atoms with Gasteiger partial charge < -0.3 is 10.5 Å². The molecule has 1 aromatic heterocycles. The number of carbonyl (C=O) groups excluding carboxylic acids is 1. The minimum absolute atomic E-state index is 0.0215. The van der Waals surface area contributed by atoms with Crippen molar-refractivity contribution in [2.75, 3.05) is 6.61 Å². The Labute approximate surface area is 93.1 Å². The highest BCUT2D eigenvalue weighted by molar-refractivity contribution is 5.94. The van der Waals surface area contributed by atoms with Crippen LogP contribution in [0, 0.1) is 0 Å². The molecule has 0 bridgehead atoms. The molecule has 86 valence electrons. The highest BCUT2D eigenvalue weighted by Crippen LogP contribution is 2.13. The number of hydrogen-bond acceptors (Lipinski definition) is 5. The van der Waals surface area contributed by atoms with E-state index in [0.717, 1.165) is 18.4 Å². The average molecular weight is 222 g/mol. The van der Waals surface area contributed by atoms with Gasteiger partial charge in [0.25, 0.3) is 0 Å². The first-order valence-corrected chi connectivity index (χ1v) is 5.22. The summed E-state index contributed by atoms with van der Waals surface area (Å²) >= 11 is 0. The maximum Gasteiger partial charge on any atom is 0.183 e. The Morgan fingerprint density at radius 1 is 1.62 bits per heavy atom. The molecule has 0 fully saturated rings. The maximum absolute atomic E-state index is 11.8. The number of carbonyl (C=O) groups is 1. The van der Waals surface area contributed by atoms with Gasteiger partial charge in [-0.25, -0.2) is 4.68 Å². The number of Topliss-reactive ketones (excluding diaryl/α,β-unsaturated/α-hetero) is 1. The smallest absolute Gasteiger partial charge is 0.183 e. The lowest BCUT2D eigenvalue weighted by Crippen LogP contribution is -2.15. The van der Waals surface area contributed by atoms with Crippen molar-refractivity contribution in [3.05, 3.63) is 23.7 Å². The Balaban J connectivity index is 1.98. The van der Waals surface area contributed by atoms with Crippen LogP contribution < -0.4 is 5.73 Å². The van der Waals surface area contributed by atoms with Crippen LogP contribution in [0.3, 0.4) is 0 Å². The number of ether oxygens (including phenoxy) is 1. The van der Waals surface area contributed by atoms with Crippen molar-refractivity contribution in [1.29, 1.82) is 0 Å². The largest absolute Gasteiger partial charge is 0.501 e. The lowest BCUT2D eigenvalue weighted by Gasteiger charge is -2.12. The van der Waals surface area contributed by atoms with E-state index < -0.39 is 0 Å². The average Bonchev–Trinajstić information content (AvgIpc) is 2.78. The Morgan fingerprint density at radius 2 is 2.50 bits per heavy atom. The zero-order chi connectivity index (χ0) is 11.4. The van der Waals surface area contributed by atoms with E-state index in [1.165, 1.54) is 4.68 Å². The van der Waals surface area contributed by atoms with E-state index in [0.29, 0.717) is 18.8 Å². The SMILES string of the molecule is NCc1cn(CC(=O)C2=COCCC2)nn1. The first-order chi connectivity index (χ1) is 7.79. The van der Waals surface area contributed by atoms with Gasteiger partial charge in [0.2, 0.25) is 0 Å². The van der Waals surface area contributed by atoms with Crippen LogP contribution in [0.2, 0.25) is 0 Å². The first-order valence-electron chi connectivity index (χ1n) is 5.22. The van der Waals surface area contributed by atoms with Gasteiger partial charge in [-0.2, -0.15) is 0 Å². The third-order valence-electron chi connectivity index (χ3n) is 2.39. The number of aromatic nitrogens is 3. The molecule has 0 aromatic carbocycles. The number of nitrogens with two attached hydrogens (primary N) is 1. The number of nitrogens with zero attached hydrogens (tertiary/aromatic N) is 3. The number of allylic oxidation sites excluding steroid dienone is 1. The molecule has 1 aromatic rings. The fourth-order valence-corrected chi connectivity index (χ4v) is 1.53. The summed E-state index contributed by atoms with van der Waals surface area (Å²) in [7, 11) is 0. The van der Waals surface area contributed by atoms with Gasteiger partial charge in [-0.15, -0.1) is 5.10 Å². The fraction of sp³-hybridized carbons (Fsp3) is 0.500. The van der Waals surface area contributed by atoms with Gasteiger partial charge in [-0.3, -0.25) is 4.79 Å². The predicted molar refractivity (Wildman–Crippen MR) is 56.2 cm³/mol. The van der Waals surface area contributed by atoms with Gasteiger partial charge in [0, 0.05) is 12.1 Å². The Hall–Kier alpha value is -1.69. The third kappa shape index (κ3) is 2.46. The summed E-state index contributed by atoms with van der Waals surface area (Å²) in [4.78, 5) is 11.8. The standard InChI is InChI=1S/C10H14N4O2/c11-4-9-5-14(13-12-9)6-10(15)8-2-1-3-16-7-8/h5,7H,1-4,6,11H2. The minimum atomic E-state index is 0.0215. The summed E-state index contributed by atoms with van der Waals surface area (Å²) in [5, 5.41) is 7.64. The van der Waals surface area contributed by atoms with Gasteiger partial charge in [-0.1, -0.05) is 5.21 Å². The Morgan fingerprint density at radius 3 is 3.12 bits per heavy atom. The molecule has 1 aliphatic rings. The van der Waals surface area contributed by atoms with Gasteiger partial charge in [0.15, 0.2) is 5.78 Å². The molecule has 6 nitrogen and oxygen atoms in total. The van der Waals surface area contributed by atoms with Crippen molar-refractivity contribution in [2.45, 2.75) is 25.9 Å². The second kappa shape index (κ2) is 4.89. The van der Waals surface area contributed by atoms with Crippen molar-refractivity contribution >= 4 is 5.78 Å². The van der Waals surface area contributed by atoms with Crippen LogP contribution in [-0.2, 0) is 22.6 Å². The molecule has 0 spiro atoms. The van der Waals surface area contributed by atoms with Crippen LogP contribution in [-0.4, -0.2) is 27.4 Å². The van der Waals surface area contributed by atoms with Crippen LogP contribution >= 0.6 is 0 Å². The van der Waals surface area contributed by atoms with Crippen LogP contribution in [0.5, 0.6) is 0 Å². The summed E-state index contributed by atoms with van der Waals surface area (Å²) in [6.45, 7) is 1.22. The molecule has 0 saturated heterocycles. The van der Waals surface area contributed by atoms with E-state index >= 15 is 0 Å². The molecule has 0 amide bonds. The van der Waals surface area contributed by atoms with E-state index in [4.69, 9.17) is 10.5 Å². The van der Waals surface area contributed by atoms with Crippen molar-refractivity contribution in [2.24, 2.45) is 5.73 Å². The molecule has 2 rings (SSSR count). The second-order valence-electron chi connectivity index (χ2n) is 3.65. The molecule has 0 unspecified atom stereocenters. The van der Waals surface area contributed by atoms with Crippen molar-refractivity contribution in [3.8, 4) is 0 Å². The predicted octanol–water partition coefficient (Wildman–Crippen LogP) is 0.000200. The van der Waals surface area contributed by atoms with Crippen molar-refractivity contribution in [1.82, 2.24) is 15.0 Å². The minimum Gasteiger partial charge on any atom is -0.501 e. The van der Waals surface area contributed by atoms with Crippen LogP contribution in [0.4, 0.5) is 0 Å². The van der Waals surface area contributed by atoms with Gasteiger partial charge >= 0.3 is 0 Å². The molecule has 2 N–H and O–H groups in total. The van der Waals surface area contributed by atoms with Crippen LogP contribution in [0.25, 0.3) is 0 Å². The van der Waals surface area contributed by atoms with Gasteiger partial charge in [-0.05, 0) is 12.8 Å². The molecule has 1 aliphatic heterocycles. The van der Waals surface area contributed by atoms with Gasteiger partial charge in [0.05, 0.1) is 24.8 Å². The highest BCUT2D eigenvalue weighted by atomic mass is 16.5. The van der Waals surface area contributed by atoms with E-state index in [9.17, 15) is 4.79 Å². The van der Waals surface area contributed by atoms with E-state index in [2.05, 4.69) is 10.3 Å². The Bertz CT molecular complexity index is 411. The number of hydrogen-bond donors (Lipinski definition) is 1. The third-order valence-corrected chi connectivity index (χ3v) is 2.39. The Kier molecular flexibility index (Phi) is 3.31. The summed E-state index contributed by atoms with van der Waals surface area (Å²) < 4.78 is 6.62. The maximum atomic E-state index is 11.8. The van der Waals surface area contributed by atoms with E-state index in [1.54, 1.807) is 12.5 Å². The van der Waals surface area contributed by atoms with Crippen LogP contribution in [0.15, 0.2) is 18.0 Å². The summed E-state index contributed by atoms with van der Waals surface area (Å²) in [5.74, 6) is 0.0215. The van der Waals surface area contributed by atoms with Gasteiger partial charge in [0.1, 0.15) is 6.54 Å². The summed E-state index contributed by atoms with van der Waals surface area (Å²) in [5.41, 5.74) is 6.81. The molecular formula is C10H14N4O2.